The lowest BCUT2D eigenvalue weighted by atomic mass is 10.3. The largest absolute Gasteiger partial charge is 0.493 e. The molecular formula is C21H24N4O2S. The molecule has 1 fully saturated rings. The molecule has 3 aromatic rings. The summed E-state index contributed by atoms with van der Waals surface area (Å²) in [6, 6.07) is 20.2. The molecule has 146 valence electrons. The highest BCUT2D eigenvalue weighted by Gasteiger charge is 2.18. The number of ether oxygens (including phenoxy) is 2. The third kappa shape index (κ3) is 4.92. The van der Waals surface area contributed by atoms with Gasteiger partial charge in [-0.05, 0) is 24.3 Å². The second-order valence-electron chi connectivity index (χ2n) is 6.47. The molecule has 0 bridgehead atoms. The average molecular weight is 397 g/mol. The highest BCUT2D eigenvalue weighted by Crippen LogP contribution is 2.23. The second kappa shape index (κ2) is 9.73. The van der Waals surface area contributed by atoms with Crippen molar-refractivity contribution in [1.29, 1.82) is 0 Å². The molecule has 1 aliphatic heterocycles. The van der Waals surface area contributed by atoms with Gasteiger partial charge in [-0.15, -0.1) is 10.2 Å². The van der Waals surface area contributed by atoms with Crippen molar-refractivity contribution < 1.29 is 9.47 Å². The van der Waals surface area contributed by atoms with Gasteiger partial charge in [-0.3, -0.25) is 9.47 Å². The van der Waals surface area contributed by atoms with E-state index in [0.29, 0.717) is 6.61 Å². The highest BCUT2D eigenvalue weighted by molar-refractivity contribution is 7.99. The van der Waals surface area contributed by atoms with Gasteiger partial charge in [-0.1, -0.05) is 48.2 Å². The van der Waals surface area contributed by atoms with E-state index < -0.39 is 0 Å². The summed E-state index contributed by atoms with van der Waals surface area (Å²) in [5.41, 5.74) is 1.09. The summed E-state index contributed by atoms with van der Waals surface area (Å²) in [7, 11) is 0. The van der Waals surface area contributed by atoms with E-state index >= 15 is 0 Å². The van der Waals surface area contributed by atoms with Gasteiger partial charge in [-0.25, -0.2) is 0 Å². The van der Waals surface area contributed by atoms with Gasteiger partial charge in [-0.2, -0.15) is 0 Å². The number of benzene rings is 2. The fourth-order valence-corrected chi connectivity index (χ4v) is 3.89. The van der Waals surface area contributed by atoms with Crippen LogP contribution >= 0.6 is 11.8 Å². The normalized spacial score (nSPS) is 14.9. The lowest BCUT2D eigenvalue weighted by Crippen LogP contribution is -2.36. The van der Waals surface area contributed by atoms with Crippen LogP contribution in [0.3, 0.4) is 0 Å². The monoisotopic (exact) mass is 396 g/mol. The van der Waals surface area contributed by atoms with E-state index in [-0.39, 0.29) is 0 Å². The standard InChI is InChI=1S/C21H24N4O2S/c1-3-7-18(8-4-1)25-20(17-24-11-13-26-14-12-24)22-23-21(25)28-16-15-27-19-9-5-2-6-10-19/h1-10H,11-17H2. The lowest BCUT2D eigenvalue weighted by Gasteiger charge is -2.26. The third-order valence-corrected chi connectivity index (χ3v) is 5.40. The fraction of sp³-hybridized carbons (Fsp3) is 0.333. The molecule has 7 heteroatoms. The zero-order valence-electron chi connectivity index (χ0n) is 15.7. The Balaban J connectivity index is 1.45. The highest BCUT2D eigenvalue weighted by atomic mass is 32.2. The molecule has 1 aromatic heterocycles. The van der Waals surface area contributed by atoms with Crippen molar-refractivity contribution in [3.63, 3.8) is 0 Å². The Kier molecular flexibility index (Phi) is 6.60. The number of morpholine rings is 1. The molecular weight excluding hydrogens is 372 g/mol. The number of hydrogen-bond acceptors (Lipinski definition) is 6. The van der Waals surface area contributed by atoms with Crippen LogP contribution in [0, 0.1) is 0 Å². The van der Waals surface area contributed by atoms with Crippen LogP contribution in [-0.2, 0) is 11.3 Å². The molecule has 0 amide bonds. The Morgan fingerprint density at radius 2 is 1.64 bits per heavy atom. The van der Waals surface area contributed by atoms with Crippen molar-refractivity contribution in [2.45, 2.75) is 11.7 Å². The predicted molar refractivity (Wildman–Crippen MR) is 110 cm³/mol. The first-order valence-electron chi connectivity index (χ1n) is 9.50. The van der Waals surface area contributed by atoms with Crippen molar-refractivity contribution in [2.24, 2.45) is 0 Å². The number of aromatic nitrogens is 3. The predicted octanol–water partition coefficient (Wildman–Crippen LogP) is 3.27. The van der Waals surface area contributed by atoms with Crippen LogP contribution in [0.2, 0.25) is 0 Å². The lowest BCUT2D eigenvalue weighted by molar-refractivity contribution is 0.0328. The molecule has 0 atom stereocenters. The summed E-state index contributed by atoms with van der Waals surface area (Å²) in [4.78, 5) is 2.36. The maximum absolute atomic E-state index is 5.80. The topological polar surface area (TPSA) is 52.4 Å². The van der Waals surface area contributed by atoms with E-state index in [0.717, 1.165) is 61.0 Å². The minimum atomic E-state index is 0.620. The van der Waals surface area contributed by atoms with E-state index in [2.05, 4.69) is 31.8 Å². The van der Waals surface area contributed by atoms with Crippen LogP contribution in [0.1, 0.15) is 5.82 Å². The minimum Gasteiger partial charge on any atom is -0.493 e. The maximum Gasteiger partial charge on any atom is 0.195 e. The van der Waals surface area contributed by atoms with Crippen molar-refractivity contribution in [3.05, 3.63) is 66.5 Å². The number of para-hydroxylation sites is 2. The van der Waals surface area contributed by atoms with Crippen molar-refractivity contribution in [3.8, 4) is 11.4 Å². The van der Waals surface area contributed by atoms with Crippen LogP contribution in [0.15, 0.2) is 65.8 Å². The minimum absolute atomic E-state index is 0.620. The fourth-order valence-electron chi connectivity index (χ4n) is 3.10. The molecule has 0 radical (unpaired) electrons. The summed E-state index contributed by atoms with van der Waals surface area (Å²) in [5.74, 6) is 2.65. The summed E-state index contributed by atoms with van der Waals surface area (Å²) in [5, 5.41) is 9.85. The Morgan fingerprint density at radius 3 is 2.39 bits per heavy atom. The second-order valence-corrected chi connectivity index (χ2v) is 7.53. The van der Waals surface area contributed by atoms with Gasteiger partial charge in [0.15, 0.2) is 11.0 Å². The van der Waals surface area contributed by atoms with E-state index in [9.17, 15) is 0 Å². The first kappa shape index (κ1) is 19.0. The molecule has 0 unspecified atom stereocenters. The van der Waals surface area contributed by atoms with E-state index in [4.69, 9.17) is 9.47 Å². The van der Waals surface area contributed by atoms with Gasteiger partial charge in [0.2, 0.25) is 0 Å². The summed E-state index contributed by atoms with van der Waals surface area (Å²) < 4.78 is 13.4. The summed E-state index contributed by atoms with van der Waals surface area (Å²) in [6.07, 6.45) is 0. The quantitative estimate of drug-likeness (QED) is 0.430. The van der Waals surface area contributed by atoms with E-state index in [1.807, 2.05) is 48.5 Å². The third-order valence-electron chi connectivity index (χ3n) is 4.51. The zero-order chi connectivity index (χ0) is 19.0. The van der Waals surface area contributed by atoms with Crippen LogP contribution in [0.4, 0.5) is 0 Å². The average Bonchev–Trinajstić information content (AvgIpc) is 3.15. The number of thioether (sulfide) groups is 1. The Hall–Kier alpha value is -2.35. The first-order chi connectivity index (χ1) is 13.9. The number of nitrogens with zero attached hydrogens (tertiary/aromatic N) is 4. The SMILES string of the molecule is c1ccc(OCCSc2nnc(CN3CCOCC3)n2-c2ccccc2)cc1. The van der Waals surface area contributed by atoms with E-state index in [1.165, 1.54) is 0 Å². The van der Waals surface area contributed by atoms with Crippen LogP contribution in [0.25, 0.3) is 5.69 Å². The molecule has 0 N–H and O–H groups in total. The molecule has 0 aliphatic carbocycles. The molecule has 1 aliphatic rings. The van der Waals surface area contributed by atoms with Crippen molar-refractivity contribution in [2.75, 3.05) is 38.7 Å². The molecule has 1 saturated heterocycles. The van der Waals surface area contributed by atoms with Gasteiger partial charge in [0.25, 0.3) is 0 Å². The Labute approximate surface area is 169 Å². The van der Waals surface area contributed by atoms with Gasteiger partial charge in [0.1, 0.15) is 5.75 Å². The van der Waals surface area contributed by atoms with Gasteiger partial charge in [0, 0.05) is 24.5 Å². The number of rotatable bonds is 8. The van der Waals surface area contributed by atoms with Crippen LogP contribution in [0.5, 0.6) is 5.75 Å². The molecule has 0 saturated carbocycles. The molecule has 2 aromatic carbocycles. The molecule has 2 heterocycles. The molecule has 6 nitrogen and oxygen atoms in total. The van der Waals surface area contributed by atoms with Gasteiger partial charge >= 0.3 is 0 Å². The maximum atomic E-state index is 5.80. The van der Waals surface area contributed by atoms with Crippen molar-refractivity contribution >= 4 is 11.8 Å². The van der Waals surface area contributed by atoms with Gasteiger partial charge in [0.05, 0.1) is 26.4 Å². The van der Waals surface area contributed by atoms with Crippen LogP contribution in [-0.4, -0.2) is 58.3 Å². The van der Waals surface area contributed by atoms with Crippen molar-refractivity contribution in [1.82, 2.24) is 19.7 Å². The van der Waals surface area contributed by atoms with E-state index in [1.54, 1.807) is 11.8 Å². The molecule has 28 heavy (non-hydrogen) atoms. The Bertz CT molecular complexity index is 851. The first-order valence-corrected chi connectivity index (χ1v) is 10.5. The number of hydrogen-bond donors (Lipinski definition) is 0. The van der Waals surface area contributed by atoms with Crippen LogP contribution < -0.4 is 4.74 Å². The smallest absolute Gasteiger partial charge is 0.195 e. The Morgan fingerprint density at radius 1 is 0.929 bits per heavy atom. The molecule has 4 rings (SSSR count). The summed E-state index contributed by atoms with van der Waals surface area (Å²) >= 11 is 1.67. The zero-order valence-corrected chi connectivity index (χ0v) is 16.6. The van der Waals surface area contributed by atoms with Gasteiger partial charge < -0.3 is 9.47 Å². The summed E-state index contributed by atoms with van der Waals surface area (Å²) in [6.45, 7) is 4.79. The molecule has 0 spiro atoms.